The fourth-order valence-corrected chi connectivity index (χ4v) is 1.69. The molecule has 1 rings (SSSR count). The van der Waals surface area contributed by atoms with Crippen molar-refractivity contribution < 1.29 is 0 Å². The highest BCUT2D eigenvalue weighted by atomic mass is 16.2. The van der Waals surface area contributed by atoms with E-state index in [1.807, 2.05) is 6.92 Å². The molecule has 0 unspecified atom stereocenters. The Hall–Kier alpha value is -1.32. The van der Waals surface area contributed by atoms with E-state index in [0.29, 0.717) is 13.1 Å². The zero-order valence-corrected chi connectivity index (χ0v) is 10.1. The molecule has 0 bridgehead atoms. The van der Waals surface area contributed by atoms with E-state index in [1.165, 1.54) is 10.6 Å². The van der Waals surface area contributed by atoms with Crippen molar-refractivity contribution in [3.8, 4) is 0 Å². The summed E-state index contributed by atoms with van der Waals surface area (Å²) in [5.74, 6) is 0. The Bertz CT molecular complexity index is 431. The SMILES string of the molecule is CCCCCn1c(=O)ccn(CCC)c1=O. The molecule has 0 aromatic carbocycles. The molecule has 0 spiro atoms. The van der Waals surface area contributed by atoms with E-state index in [2.05, 4.69) is 6.92 Å². The smallest absolute Gasteiger partial charge is 0.300 e. The molecular weight excluding hydrogens is 204 g/mol. The van der Waals surface area contributed by atoms with E-state index in [0.717, 1.165) is 25.7 Å². The number of hydrogen-bond donors (Lipinski definition) is 0. The number of rotatable bonds is 6. The van der Waals surface area contributed by atoms with E-state index < -0.39 is 0 Å². The summed E-state index contributed by atoms with van der Waals surface area (Å²) in [7, 11) is 0. The van der Waals surface area contributed by atoms with Gasteiger partial charge in [0.15, 0.2) is 0 Å². The molecule has 0 aliphatic carbocycles. The van der Waals surface area contributed by atoms with Crippen LogP contribution in [-0.2, 0) is 13.1 Å². The maximum atomic E-state index is 11.9. The number of unbranched alkanes of at least 4 members (excludes halogenated alkanes) is 2. The monoisotopic (exact) mass is 224 g/mol. The van der Waals surface area contributed by atoms with Crippen molar-refractivity contribution in [2.24, 2.45) is 0 Å². The van der Waals surface area contributed by atoms with Crippen LogP contribution < -0.4 is 11.2 Å². The second kappa shape index (κ2) is 6.30. The lowest BCUT2D eigenvalue weighted by Crippen LogP contribution is -2.38. The molecule has 0 saturated carbocycles. The molecule has 4 nitrogen and oxygen atoms in total. The van der Waals surface area contributed by atoms with Gasteiger partial charge in [0.2, 0.25) is 0 Å². The number of nitrogens with zero attached hydrogens (tertiary/aromatic N) is 2. The largest absolute Gasteiger partial charge is 0.330 e. The molecule has 1 aromatic heterocycles. The minimum atomic E-state index is -0.187. The Morgan fingerprint density at radius 1 is 1.06 bits per heavy atom. The van der Waals surface area contributed by atoms with E-state index in [-0.39, 0.29) is 11.2 Å². The van der Waals surface area contributed by atoms with Gasteiger partial charge < -0.3 is 4.57 Å². The molecule has 0 aliphatic rings. The molecular formula is C12H20N2O2. The van der Waals surface area contributed by atoms with Gasteiger partial charge in [-0.15, -0.1) is 0 Å². The van der Waals surface area contributed by atoms with Gasteiger partial charge >= 0.3 is 5.69 Å². The lowest BCUT2D eigenvalue weighted by atomic mass is 10.2. The number of aryl methyl sites for hydroxylation is 1. The van der Waals surface area contributed by atoms with Crippen molar-refractivity contribution in [3.05, 3.63) is 33.1 Å². The van der Waals surface area contributed by atoms with Crippen LogP contribution in [0, 0.1) is 0 Å². The van der Waals surface area contributed by atoms with Crippen molar-refractivity contribution in [2.45, 2.75) is 52.6 Å². The second-order valence-corrected chi connectivity index (χ2v) is 3.99. The highest BCUT2D eigenvalue weighted by Gasteiger charge is 2.03. The zero-order valence-electron chi connectivity index (χ0n) is 10.1. The predicted molar refractivity (Wildman–Crippen MR) is 64.8 cm³/mol. The Labute approximate surface area is 95.5 Å². The lowest BCUT2D eigenvalue weighted by molar-refractivity contribution is 0.517. The Morgan fingerprint density at radius 3 is 2.44 bits per heavy atom. The summed E-state index contributed by atoms with van der Waals surface area (Å²) in [5, 5.41) is 0. The van der Waals surface area contributed by atoms with Gasteiger partial charge in [-0.1, -0.05) is 26.7 Å². The van der Waals surface area contributed by atoms with Crippen LogP contribution in [0.5, 0.6) is 0 Å². The first kappa shape index (κ1) is 12.7. The molecule has 0 fully saturated rings. The predicted octanol–water partition coefficient (Wildman–Crippen LogP) is 1.61. The van der Waals surface area contributed by atoms with Crippen LogP contribution in [0.2, 0.25) is 0 Å². The highest BCUT2D eigenvalue weighted by molar-refractivity contribution is 4.86. The molecule has 0 aliphatic heterocycles. The van der Waals surface area contributed by atoms with Gasteiger partial charge in [-0.2, -0.15) is 0 Å². The summed E-state index contributed by atoms with van der Waals surface area (Å²) >= 11 is 0. The molecule has 0 amide bonds. The third kappa shape index (κ3) is 3.08. The summed E-state index contributed by atoms with van der Waals surface area (Å²) < 4.78 is 2.94. The van der Waals surface area contributed by atoms with Crippen molar-refractivity contribution in [1.82, 2.24) is 9.13 Å². The summed E-state index contributed by atoms with van der Waals surface area (Å²) in [6, 6.07) is 1.48. The van der Waals surface area contributed by atoms with E-state index >= 15 is 0 Å². The first-order chi connectivity index (χ1) is 7.70. The van der Waals surface area contributed by atoms with Crippen LogP contribution >= 0.6 is 0 Å². The van der Waals surface area contributed by atoms with Crippen LogP contribution in [0.4, 0.5) is 0 Å². The Morgan fingerprint density at radius 2 is 1.81 bits per heavy atom. The van der Waals surface area contributed by atoms with Gasteiger partial charge in [-0.25, -0.2) is 4.79 Å². The standard InChI is InChI=1S/C12H20N2O2/c1-3-5-6-9-14-11(15)7-10-13(8-4-2)12(14)16/h7,10H,3-6,8-9H2,1-2H3. The van der Waals surface area contributed by atoms with Crippen LogP contribution in [0.15, 0.2) is 21.9 Å². The maximum absolute atomic E-state index is 11.9. The number of hydrogen-bond acceptors (Lipinski definition) is 2. The summed E-state index contributed by atoms with van der Waals surface area (Å²) in [6.45, 7) is 5.32. The van der Waals surface area contributed by atoms with Crippen LogP contribution in [0.1, 0.15) is 39.5 Å². The van der Waals surface area contributed by atoms with E-state index in [9.17, 15) is 9.59 Å². The van der Waals surface area contributed by atoms with Crippen LogP contribution in [0.3, 0.4) is 0 Å². The van der Waals surface area contributed by atoms with Crippen LogP contribution in [0.25, 0.3) is 0 Å². The highest BCUT2D eigenvalue weighted by Crippen LogP contribution is 1.94. The topological polar surface area (TPSA) is 44.0 Å². The molecule has 0 saturated heterocycles. The number of aromatic nitrogens is 2. The molecule has 90 valence electrons. The van der Waals surface area contributed by atoms with Gasteiger partial charge in [0, 0.05) is 25.4 Å². The third-order valence-corrected chi connectivity index (χ3v) is 2.59. The summed E-state index contributed by atoms with van der Waals surface area (Å²) in [6.07, 6.45) is 5.51. The minimum Gasteiger partial charge on any atom is -0.300 e. The third-order valence-electron chi connectivity index (χ3n) is 2.59. The van der Waals surface area contributed by atoms with Gasteiger partial charge in [0.25, 0.3) is 5.56 Å². The van der Waals surface area contributed by atoms with Crippen molar-refractivity contribution in [1.29, 1.82) is 0 Å². The first-order valence-electron chi connectivity index (χ1n) is 6.01. The molecule has 0 atom stereocenters. The van der Waals surface area contributed by atoms with Gasteiger partial charge in [-0.3, -0.25) is 9.36 Å². The van der Waals surface area contributed by atoms with Crippen LogP contribution in [-0.4, -0.2) is 9.13 Å². The van der Waals surface area contributed by atoms with Gasteiger partial charge in [0.1, 0.15) is 0 Å². The van der Waals surface area contributed by atoms with E-state index in [4.69, 9.17) is 0 Å². The average molecular weight is 224 g/mol. The molecule has 16 heavy (non-hydrogen) atoms. The van der Waals surface area contributed by atoms with Crippen molar-refractivity contribution in [2.75, 3.05) is 0 Å². The molecule has 1 heterocycles. The summed E-state index contributed by atoms with van der Waals surface area (Å²) in [4.78, 5) is 23.4. The zero-order chi connectivity index (χ0) is 12.0. The first-order valence-corrected chi connectivity index (χ1v) is 6.01. The Kier molecular flexibility index (Phi) is 5.02. The minimum absolute atomic E-state index is 0.176. The Balaban J connectivity index is 2.93. The second-order valence-electron chi connectivity index (χ2n) is 3.99. The molecule has 0 N–H and O–H groups in total. The van der Waals surface area contributed by atoms with Crippen molar-refractivity contribution in [3.63, 3.8) is 0 Å². The summed E-state index contributed by atoms with van der Waals surface area (Å²) in [5.41, 5.74) is -0.362. The molecule has 1 aromatic rings. The molecule has 0 radical (unpaired) electrons. The fraction of sp³-hybridized carbons (Fsp3) is 0.667. The van der Waals surface area contributed by atoms with Gasteiger partial charge in [-0.05, 0) is 12.8 Å². The lowest BCUT2D eigenvalue weighted by Gasteiger charge is -2.08. The quantitative estimate of drug-likeness (QED) is 0.689. The van der Waals surface area contributed by atoms with E-state index in [1.54, 1.807) is 10.8 Å². The fourth-order valence-electron chi connectivity index (χ4n) is 1.69. The normalized spacial score (nSPS) is 10.6. The molecule has 4 heteroatoms. The average Bonchev–Trinajstić information content (AvgIpc) is 2.27. The van der Waals surface area contributed by atoms with Crippen molar-refractivity contribution >= 4 is 0 Å². The van der Waals surface area contributed by atoms with Gasteiger partial charge in [0.05, 0.1) is 0 Å². The maximum Gasteiger partial charge on any atom is 0.330 e.